The topological polar surface area (TPSA) is 143 Å². The molecule has 3 rings (SSSR count). The summed E-state index contributed by atoms with van der Waals surface area (Å²) in [6, 6.07) is 4.54. The molecule has 10 heteroatoms. The Kier molecular flexibility index (Phi) is 9.99. The zero-order valence-electron chi connectivity index (χ0n) is 19.6. The first kappa shape index (κ1) is 25.8. The Hall–Kier alpha value is -2.82. The van der Waals surface area contributed by atoms with Gasteiger partial charge in [0.05, 0.1) is 13.2 Å². The lowest BCUT2D eigenvalue weighted by Gasteiger charge is -2.29. The number of anilines is 1. The second kappa shape index (κ2) is 13.2. The van der Waals surface area contributed by atoms with Gasteiger partial charge in [0.15, 0.2) is 0 Å². The summed E-state index contributed by atoms with van der Waals surface area (Å²) >= 11 is 0. The van der Waals surface area contributed by atoms with Crippen molar-refractivity contribution in [2.45, 2.75) is 57.5 Å². The van der Waals surface area contributed by atoms with Gasteiger partial charge in [-0.3, -0.25) is 24.5 Å². The van der Waals surface area contributed by atoms with E-state index in [0.29, 0.717) is 49.4 Å². The Morgan fingerprint density at radius 2 is 1.94 bits per heavy atom. The number of ether oxygens (including phenoxy) is 1. The monoisotopic (exact) mass is 473 g/mol. The second-order valence-corrected chi connectivity index (χ2v) is 8.60. The maximum absolute atomic E-state index is 12.9. The van der Waals surface area contributed by atoms with Gasteiger partial charge in [-0.05, 0) is 37.9 Å². The number of hydrogen-bond donors (Lipinski definition) is 4. The van der Waals surface area contributed by atoms with Crippen LogP contribution in [0.25, 0.3) is 0 Å². The highest BCUT2D eigenvalue weighted by molar-refractivity contribution is 6.06. The minimum Gasteiger partial charge on any atom is -0.379 e. The molecule has 2 aliphatic heterocycles. The number of piperidine rings is 1. The lowest BCUT2D eigenvalue weighted by molar-refractivity contribution is -0.137. The molecule has 34 heavy (non-hydrogen) atoms. The van der Waals surface area contributed by atoms with Gasteiger partial charge in [0, 0.05) is 49.3 Å². The van der Waals surface area contributed by atoms with Crippen LogP contribution in [0.15, 0.2) is 18.2 Å². The number of imide groups is 1. The Morgan fingerprint density at radius 1 is 1.12 bits per heavy atom. The molecular weight excluding hydrogens is 438 g/mol. The van der Waals surface area contributed by atoms with Gasteiger partial charge in [0.2, 0.25) is 17.7 Å². The quantitative estimate of drug-likeness (QED) is 0.232. The number of fused-ring (bicyclic) bond motifs is 1. The number of carbonyl (C=O) groups excluding carboxylic acids is 4. The van der Waals surface area contributed by atoms with E-state index in [0.717, 1.165) is 38.8 Å². The molecule has 1 aromatic carbocycles. The Labute approximate surface area is 199 Å². The fraction of sp³-hybridized carbons (Fsp3) is 0.583. The molecule has 0 aliphatic carbocycles. The van der Waals surface area contributed by atoms with Crippen molar-refractivity contribution in [3.63, 3.8) is 0 Å². The van der Waals surface area contributed by atoms with Crippen LogP contribution >= 0.6 is 0 Å². The number of amides is 4. The van der Waals surface area contributed by atoms with E-state index in [-0.39, 0.29) is 30.7 Å². The molecule has 4 amide bonds. The maximum atomic E-state index is 12.9. The van der Waals surface area contributed by atoms with Crippen LogP contribution in [-0.4, -0.2) is 67.4 Å². The normalized spacial score (nSPS) is 17.6. The van der Waals surface area contributed by atoms with Crippen LogP contribution in [0.5, 0.6) is 0 Å². The minimum atomic E-state index is -0.672. The first-order valence-corrected chi connectivity index (χ1v) is 12.1. The van der Waals surface area contributed by atoms with Gasteiger partial charge in [-0.15, -0.1) is 0 Å². The number of hydrogen-bond acceptors (Lipinski definition) is 7. The molecule has 0 saturated carbocycles. The molecular formula is C24H35N5O5. The first-order valence-electron chi connectivity index (χ1n) is 12.1. The highest BCUT2D eigenvalue weighted by atomic mass is 16.5. The van der Waals surface area contributed by atoms with Crippen molar-refractivity contribution < 1.29 is 23.9 Å². The Balaban J connectivity index is 1.39. The molecule has 1 unspecified atom stereocenters. The summed E-state index contributed by atoms with van der Waals surface area (Å²) in [7, 11) is 0. The van der Waals surface area contributed by atoms with E-state index >= 15 is 0 Å². The van der Waals surface area contributed by atoms with Crippen molar-refractivity contribution in [2.75, 3.05) is 38.2 Å². The van der Waals surface area contributed by atoms with E-state index in [1.54, 1.807) is 18.2 Å². The second-order valence-electron chi connectivity index (χ2n) is 8.60. The lowest BCUT2D eigenvalue weighted by atomic mass is 10.0. The first-order chi connectivity index (χ1) is 16.5. The van der Waals surface area contributed by atoms with Crippen molar-refractivity contribution in [3.05, 3.63) is 29.3 Å². The molecule has 2 heterocycles. The number of nitrogens with zero attached hydrogens (tertiary/aromatic N) is 1. The maximum Gasteiger partial charge on any atom is 0.255 e. The van der Waals surface area contributed by atoms with Crippen LogP contribution in [0, 0.1) is 0 Å². The molecule has 186 valence electrons. The van der Waals surface area contributed by atoms with Crippen molar-refractivity contribution >= 4 is 29.3 Å². The van der Waals surface area contributed by atoms with Gasteiger partial charge in [-0.25, -0.2) is 0 Å². The van der Waals surface area contributed by atoms with Crippen LogP contribution in [0.1, 0.15) is 60.9 Å². The standard InChI is InChI=1S/C24H35N5O5/c25-11-14-34-15-13-26-12-4-2-1-3-8-21(30)27-19-7-5-6-17-18(19)16-29(24(17)33)20-9-10-22(31)28-23(20)32/h5-7,20,26H,1-4,8-16,25H2,(H,27,30)(H,28,31,32). The van der Waals surface area contributed by atoms with E-state index in [9.17, 15) is 19.2 Å². The molecule has 5 N–H and O–H groups in total. The summed E-state index contributed by atoms with van der Waals surface area (Å²) in [5, 5.41) is 8.55. The summed E-state index contributed by atoms with van der Waals surface area (Å²) < 4.78 is 5.30. The van der Waals surface area contributed by atoms with E-state index in [1.165, 1.54) is 4.90 Å². The summed E-state index contributed by atoms with van der Waals surface area (Å²) in [5.74, 6) is -1.10. The van der Waals surface area contributed by atoms with Gasteiger partial charge < -0.3 is 26.0 Å². The average molecular weight is 474 g/mol. The van der Waals surface area contributed by atoms with Gasteiger partial charge in [0.1, 0.15) is 6.04 Å². The zero-order valence-corrected chi connectivity index (χ0v) is 19.6. The fourth-order valence-corrected chi connectivity index (χ4v) is 4.26. The molecule has 0 bridgehead atoms. The summed E-state index contributed by atoms with van der Waals surface area (Å²) in [5.41, 5.74) is 7.17. The SMILES string of the molecule is NCCOCCNCCCCCCC(=O)Nc1cccc2c1CN(C1CCC(=O)NC1=O)C2=O. The number of nitrogens with one attached hydrogen (secondary N) is 3. The van der Waals surface area contributed by atoms with E-state index in [4.69, 9.17) is 10.5 Å². The molecule has 0 radical (unpaired) electrons. The highest BCUT2D eigenvalue weighted by Crippen LogP contribution is 2.32. The number of nitrogens with two attached hydrogens (primary N) is 1. The van der Waals surface area contributed by atoms with E-state index < -0.39 is 11.9 Å². The lowest BCUT2D eigenvalue weighted by Crippen LogP contribution is -2.52. The third kappa shape index (κ3) is 7.09. The van der Waals surface area contributed by atoms with Crippen LogP contribution < -0.4 is 21.7 Å². The van der Waals surface area contributed by atoms with Crippen molar-refractivity contribution in [1.29, 1.82) is 0 Å². The number of rotatable bonds is 14. The smallest absolute Gasteiger partial charge is 0.255 e. The third-order valence-electron chi connectivity index (χ3n) is 6.05. The fourth-order valence-electron chi connectivity index (χ4n) is 4.26. The predicted octanol–water partition coefficient (Wildman–Crippen LogP) is 0.902. The van der Waals surface area contributed by atoms with Gasteiger partial charge in [-0.1, -0.05) is 18.9 Å². The Morgan fingerprint density at radius 3 is 2.74 bits per heavy atom. The molecule has 1 atom stereocenters. The number of benzene rings is 1. The van der Waals surface area contributed by atoms with Gasteiger partial charge >= 0.3 is 0 Å². The molecule has 1 aromatic rings. The van der Waals surface area contributed by atoms with Crippen molar-refractivity contribution in [3.8, 4) is 0 Å². The van der Waals surface area contributed by atoms with Gasteiger partial charge in [-0.2, -0.15) is 0 Å². The summed E-state index contributed by atoms with van der Waals surface area (Å²) in [4.78, 5) is 50.5. The third-order valence-corrected chi connectivity index (χ3v) is 6.05. The Bertz CT molecular complexity index is 891. The van der Waals surface area contributed by atoms with Crippen molar-refractivity contribution in [2.24, 2.45) is 5.73 Å². The molecule has 10 nitrogen and oxygen atoms in total. The summed E-state index contributed by atoms with van der Waals surface area (Å²) in [6.07, 6.45) is 4.77. The van der Waals surface area contributed by atoms with E-state index in [2.05, 4.69) is 16.0 Å². The average Bonchev–Trinajstić information content (AvgIpc) is 3.15. The molecule has 1 fully saturated rings. The van der Waals surface area contributed by atoms with Crippen LogP contribution in [-0.2, 0) is 25.7 Å². The highest BCUT2D eigenvalue weighted by Gasteiger charge is 2.39. The number of unbranched alkanes of at least 4 members (excludes halogenated alkanes) is 3. The van der Waals surface area contributed by atoms with Crippen LogP contribution in [0.4, 0.5) is 5.69 Å². The van der Waals surface area contributed by atoms with Crippen LogP contribution in [0.2, 0.25) is 0 Å². The van der Waals surface area contributed by atoms with Gasteiger partial charge in [0.25, 0.3) is 5.91 Å². The summed E-state index contributed by atoms with van der Waals surface area (Å²) in [6.45, 7) is 3.76. The zero-order chi connectivity index (χ0) is 24.3. The number of carbonyl (C=O) groups is 4. The molecule has 0 spiro atoms. The van der Waals surface area contributed by atoms with E-state index in [1.807, 2.05) is 0 Å². The molecule has 1 saturated heterocycles. The predicted molar refractivity (Wildman–Crippen MR) is 127 cm³/mol. The molecule has 2 aliphatic rings. The van der Waals surface area contributed by atoms with Crippen LogP contribution in [0.3, 0.4) is 0 Å². The van der Waals surface area contributed by atoms with Crippen molar-refractivity contribution in [1.82, 2.24) is 15.5 Å². The largest absolute Gasteiger partial charge is 0.379 e. The minimum absolute atomic E-state index is 0.0875. The molecule has 0 aromatic heterocycles.